The first-order valence-electron chi connectivity index (χ1n) is 3.98. The third kappa shape index (κ3) is 1.37. The Morgan fingerprint density at radius 1 is 0.833 bits per heavy atom. The average molecular weight is 153 g/mol. The van der Waals surface area contributed by atoms with E-state index in [2.05, 4.69) is 30.4 Å². The van der Waals surface area contributed by atoms with Gasteiger partial charge in [0.1, 0.15) is 0 Å². The summed E-state index contributed by atoms with van der Waals surface area (Å²) in [6.07, 6.45) is 21.4. The summed E-state index contributed by atoms with van der Waals surface area (Å²) in [5.74, 6) is 0. The lowest BCUT2D eigenvalue weighted by atomic mass is 10.1. The Balaban J connectivity index is 2.49. The third-order valence-corrected chi connectivity index (χ3v) is 1.83. The molecule has 0 fully saturated rings. The topological polar surface area (TPSA) is 0 Å². The molecule has 0 aromatic carbocycles. The fourth-order valence-electron chi connectivity index (χ4n) is 1.21. The maximum Gasteiger partial charge on any atom is -0.0184 e. The van der Waals surface area contributed by atoms with E-state index in [9.17, 15) is 0 Å². The molecule has 57 valence electrons. The standard InChI is InChI=1S/C12H9/c1-3-7-11-9-5-2-6-10-12(11)8-4-1/h1,3-10H. The molecule has 0 bridgehead atoms. The van der Waals surface area contributed by atoms with Gasteiger partial charge in [0.15, 0.2) is 0 Å². The number of allylic oxidation sites excluding steroid dienone is 12. The first-order valence-corrected chi connectivity index (χ1v) is 3.98. The monoisotopic (exact) mass is 153 g/mol. The van der Waals surface area contributed by atoms with Gasteiger partial charge in [-0.05, 0) is 17.2 Å². The summed E-state index contributed by atoms with van der Waals surface area (Å²) in [5.41, 5.74) is 2.47. The van der Waals surface area contributed by atoms with Crippen molar-refractivity contribution in [3.8, 4) is 0 Å². The molecule has 0 saturated heterocycles. The summed E-state index contributed by atoms with van der Waals surface area (Å²) in [7, 11) is 0. The first-order chi connectivity index (χ1) is 5.97. The second-order valence-electron chi connectivity index (χ2n) is 2.65. The van der Waals surface area contributed by atoms with E-state index in [1.165, 1.54) is 11.1 Å². The second-order valence-corrected chi connectivity index (χ2v) is 2.65. The zero-order chi connectivity index (χ0) is 8.23. The maximum atomic E-state index is 3.04. The quantitative estimate of drug-likeness (QED) is 0.502. The summed E-state index contributed by atoms with van der Waals surface area (Å²) in [6, 6.07) is 0. The van der Waals surface area contributed by atoms with Crippen molar-refractivity contribution < 1.29 is 0 Å². The van der Waals surface area contributed by atoms with Gasteiger partial charge >= 0.3 is 0 Å². The van der Waals surface area contributed by atoms with E-state index in [1.54, 1.807) is 0 Å². The van der Waals surface area contributed by atoms with Gasteiger partial charge in [0.2, 0.25) is 0 Å². The predicted molar refractivity (Wildman–Crippen MR) is 51.4 cm³/mol. The van der Waals surface area contributed by atoms with E-state index in [0.29, 0.717) is 0 Å². The summed E-state index contributed by atoms with van der Waals surface area (Å²) in [4.78, 5) is 0. The number of hydrogen-bond donors (Lipinski definition) is 0. The minimum Gasteiger partial charge on any atom is -0.0622 e. The van der Waals surface area contributed by atoms with Gasteiger partial charge in [0, 0.05) is 0 Å². The van der Waals surface area contributed by atoms with Crippen molar-refractivity contribution in [2.45, 2.75) is 0 Å². The molecule has 0 spiro atoms. The number of fused-ring (bicyclic) bond motifs is 1. The molecule has 0 saturated carbocycles. The summed E-state index contributed by atoms with van der Waals surface area (Å²) in [6.45, 7) is 0. The van der Waals surface area contributed by atoms with Gasteiger partial charge in [-0.1, -0.05) is 54.7 Å². The molecule has 0 aromatic heterocycles. The van der Waals surface area contributed by atoms with Crippen LogP contribution in [0.1, 0.15) is 0 Å². The largest absolute Gasteiger partial charge is 0.0622 e. The highest BCUT2D eigenvalue weighted by Gasteiger charge is 1.98. The van der Waals surface area contributed by atoms with Gasteiger partial charge in [-0.25, -0.2) is 0 Å². The molecule has 0 aromatic rings. The van der Waals surface area contributed by atoms with Crippen LogP contribution in [0, 0.1) is 6.08 Å². The van der Waals surface area contributed by atoms with Crippen LogP contribution in [0.4, 0.5) is 0 Å². The van der Waals surface area contributed by atoms with Crippen LogP contribution in [0.25, 0.3) is 0 Å². The molecule has 2 aliphatic rings. The minimum absolute atomic E-state index is 1.24. The molecule has 2 aliphatic carbocycles. The number of rotatable bonds is 0. The van der Waals surface area contributed by atoms with E-state index in [1.807, 2.05) is 30.4 Å². The molecule has 0 heterocycles. The van der Waals surface area contributed by atoms with Crippen molar-refractivity contribution in [1.29, 1.82) is 0 Å². The van der Waals surface area contributed by atoms with Gasteiger partial charge < -0.3 is 0 Å². The van der Waals surface area contributed by atoms with E-state index in [-0.39, 0.29) is 0 Å². The molecular formula is C12H9. The van der Waals surface area contributed by atoms with Gasteiger partial charge in [0.05, 0.1) is 0 Å². The molecule has 12 heavy (non-hydrogen) atoms. The zero-order valence-electron chi connectivity index (χ0n) is 6.70. The molecule has 0 heteroatoms. The average Bonchev–Trinajstić information content (AvgIpc) is 2.38. The zero-order valence-corrected chi connectivity index (χ0v) is 6.70. The van der Waals surface area contributed by atoms with Crippen LogP contribution < -0.4 is 0 Å². The Labute approximate surface area is 72.6 Å². The second kappa shape index (κ2) is 3.22. The van der Waals surface area contributed by atoms with Gasteiger partial charge in [-0.15, -0.1) is 0 Å². The summed E-state index contributed by atoms with van der Waals surface area (Å²) >= 11 is 0. The van der Waals surface area contributed by atoms with Crippen molar-refractivity contribution in [1.82, 2.24) is 0 Å². The Morgan fingerprint density at radius 2 is 1.75 bits per heavy atom. The van der Waals surface area contributed by atoms with Crippen LogP contribution in [0.5, 0.6) is 0 Å². The lowest BCUT2D eigenvalue weighted by molar-refractivity contribution is 1.57. The van der Waals surface area contributed by atoms with Crippen LogP contribution in [-0.2, 0) is 0 Å². The highest BCUT2D eigenvalue weighted by atomic mass is 14.0. The lowest BCUT2D eigenvalue weighted by Gasteiger charge is -1.98. The molecule has 0 amide bonds. The van der Waals surface area contributed by atoms with Gasteiger partial charge in [-0.3, -0.25) is 0 Å². The van der Waals surface area contributed by atoms with Crippen LogP contribution in [0.2, 0.25) is 0 Å². The molecule has 1 radical (unpaired) electrons. The predicted octanol–water partition coefficient (Wildman–Crippen LogP) is 2.89. The Bertz CT molecular complexity index is 308. The van der Waals surface area contributed by atoms with E-state index >= 15 is 0 Å². The van der Waals surface area contributed by atoms with Crippen molar-refractivity contribution in [2.75, 3.05) is 0 Å². The lowest BCUT2D eigenvalue weighted by Crippen LogP contribution is -1.79. The fourth-order valence-corrected chi connectivity index (χ4v) is 1.21. The SMILES string of the molecule is [C]1=CC=C2C=CC=CC=C2C=C1. The summed E-state index contributed by atoms with van der Waals surface area (Å²) in [5, 5.41) is 0. The Morgan fingerprint density at radius 3 is 2.75 bits per heavy atom. The Hall–Kier alpha value is -1.56. The van der Waals surface area contributed by atoms with Crippen molar-refractivity contribution >= 4 is 0 Å². The van der Waals surface area contributed by atoms with E-state index in [0.717, 1.165) is 0 Å². The third-order valence-electron chi connectivity index (χ3n) is 1.83. The number of hydrogen-bond acceptors (Lipinski definition) is 0. The molecular weight excluding hydrogens is 144 g/mol. The first kappa shape index (κ1) is 7.11. The van der Waals surface area contributed by atoms with Gasteiger partial charge in [0.25, 0.3) is 0 Å². The van der Waals surface area contributed by atoms with Crippen LogP contribution in [0.15, 0.2) is 65.8 Å². The molecule has 0 unspecified atom stereocenters. The smallest absolute Gasteiger partial charge is 0.0184 e. The maximum absolute atomic E-state index is 3.04. The molecule has 0 aliphatic heterocycles. The van der Waals surface area contributed by atoms with E-state index < -0.39 is 0 Å². The Kier molecular flexibility index (Phi) is 1.91. The van der Waals surface area contributed by atoms with Crippen molar-refractivity contribution in [3.05, 3.63) is 71.9 Å². The van der Waals surface area contributed by atoms with E-state index in [4.69, 9.17) is 0 Å². The fraction of sp³-hybridized carbons (Fsp3) is 0. The van der Waals surface area contributed by atoms with Gasteiger partial charge in [-0.2, -0.15) is 0 Å². The minimum atomic E-state index is 1.24. The van der Waals surface area contributed by atoms with Crippen LogP contribution in [-0.4, -0.2) is 0 Å². The highest BCUT2D eigenvalue weighted by Crippen LogP contribution is 2.17. The van der Waals surface area contributed by atoms with Crippen LogP contribution >= 0.6 is 0 Å². The molecule has 2 rings (SSSR count). The van der Waals surface area contributed by atoms with Crippen LogP contribution in [0.3, 0.4) is 0 Å². The molecule has 0 atom stereocenters. The summed E-state index contributed by atoms with van der Waals surface area (Å²) < 4.78 is 0. The highest BCUT2D eigenvalue weighted by molar-refractivity contribution is 5.53. The molecule has 0 nitrogen and oxygen atoms in total. The van der Waals surface area contributed by atoms with Crippen molar-refractivity contribution in [2.24, 2.45) is 0 Å². The molecule has 0 N–H and O–H groups in total. The normalized spacial score (nSPS) is 19.3. The van der Waals surface area contributed by atoms with Crippen molar-refractivity contribution in [3.63, 3.8) is 0 Å².